The van der Waals surface area contributed by atoms with Crippen molar-refractivity contribution in [2.24, 2.45) is 0 Å². The molecular formula is C19H33O3P. The molecule has 0 aliphatic heterocycles. The minimum atomic E-state index is -3.64. The summed E-state index contributed by atoms with van der Waals surface area (Å²) in [5, 5.41) is 0. The maximum atomic E-state index is 12.0. The van der Waals surface area contributed by atoms with Crippen LogP contribution in [0, 0.1) is 0 Å². The van der Waals surface area contributed by atoms with Crippen molar-refractivity contribution in [3.8, 4) is 5.75 Å². The van der Waals surface area contributed by atoms with Gasteiger partial charge >= 0.3 is 7.60 Å². The monoisotopic (exact) mass is 340 g/mol. The molecule has 0 radical (unpaired) electrons. The Morgan fingerprint density at radius 3 is 1.39 bits per heavy atom. The smallest absolute Gasteiger partial charge is 0.373 e. The minimum Gasteiger partial charge on any atom is -0.424 e. The van der Waals surface area contributed by atoms with E-state index in [-0.39, 0.29) is 16.2 Å². The highest BCUT2D eigenvalue weighted by atomic mass is 31.2. The van der Waals surface area contributed by atoms with Crippen LogP contribution in [0.15, 0.2) is 12.1 Å². The van der Waals surface area contributed by atoms with E-state index in [0.717, 1.165) is 11.1 Å². The molecule has 0 saturated carbocycles. The molecule has 0 aromatic heterocycles. The van der Waals surface area contributed by atoms with Gasteiger partial charge in [-0.3, -0.25) is 0 Å². The van der Waals surface area contributed by atoms with Gasteiger partial charge in [-0.2, -0.15) is 0 Å². The second kappa shape index (κ2) is 5.93. The second-order valence-electron chi connectivity index (χ2n) is 9.54. The van der Waals surface area contributed by atoms with E-state index >= 15 is 0 Å². The molecule has 0 bridgehead atoms. The molecule has 4 heteroatoms. The van der Waals surface area contributed by atoms with E-state index in [2.05, 4.69) is 74.4 Å². The maximum absolute atomic E-state index is 12.0. The molecule has 0 spiro atoms. The highest BCUT2D eigenvalue weighted by Gasteiger charge is 2.32. The average Bonchev–Trinajstić information content (AvgIpc) is 2.21. The zero-order chi connectivity index (χ0) is 18.4. The van der Waals surface area contributed by atoms with Crippen LogP contribution >= 0.6 is 7.60 Å². The van der Waals surface area contributed by atoms with Gasteiger partial charge in [0.25, 0.3) is 0 Å². The maximum Gasteiger partial charge on any atom is 0.373 e. The van der Waals surface area contributed by atoms with E-state index < -0.39 is 7.60 Å². The van der Waals surface area contributed by atoms with Crippen LogP contribution in [0.2, 0.25) is 0 Å². The van der Waals surface area contributed by atoms with Gasteiger partial charge in [0.2, 0.25) is 0 Å². The molecule has 1 N–H and O–H groups in total. The normalized spacial score (nSPS) is 16.1. The summed E-state index contributed by atoms with van der Waals surface area (Å²) >= 11 is 0. The van der Waals surface area contributed by atoms with Crippen molar-refractivity contribution in [3.05, 3.63) is 28.8 Å². The van der Waals surface area contributed by atoms with Crippen molar-refractivity contribution in [2.45, 2.75) is 78.6 Å². The number of rotatable bonds is 2. The largest absolute Gasteiger partial charge is 0.424 e. The zero-order valence-corrected chi connectivity index (χ0v) is 17.3. The lowest BCUT2D eigenvalue weighted by atomic mass is 9.75. The molecule has 1 atom stereocenters. The molecular weight excluding hydrogens is 307 g/mol. The Kier molecular flexibility index (Phi) is 5.23. The van der Waals surface area contributed by atoms with Crippen LogP contribution < -0.4 is 4.52 Å². The molecule has 0 saturated heterocycles. The summed E-state index contributed by atoms with van der Waals surface area (Å²) in [6.45, 7) is 20.4. The van der Waals surface area contributed by atoms with Gasteiger partial charge in [0.05, 0.1) is 0 Å². The summed E-state index contributed by atoms with van der Waals surface area (Å²) in [5.74, 6) is 0.561. The molecule has 0 heterocycles. The van der Waals surface area contributed by atoms with Crippen molar-refractivity contribution in [1.29, 1.82) is 0 Å². The quantitative estimate of drug-likeness (QED) is 0.695. The van der Waals surface area contributed by atoms with Crippen LogP contribution in [-0.2, 0) is 20.8 Å². The second-order valence-corrected chi connectivity index (χ2v) is 11.3. The van der Waals surface area contributed by atoms with E-state index in [1.807, 2.05) is 0 Å². The molecule has 1 unspecified atom stereocenters. The zero-order valence-electron chi connectivity index (χ0n) is 16.4. The van der Waals surface area contributed by atoms with Gasteiger partial charge in [0.15, 0.2) is 0 Å². The van der Waals surface area contributed by atoms with Gasteiger partial charge in [-0.25, -0.2) is 4.57 Å². The molecule has 0 aliphatic rings. The fourth-order valence-corrected chi connectivity index (χ4v) is 2.98. The summed E-state index contributed by atoms with van der Waals surface area (Å²) in [6.07, 6.45) is 0. The highest BCUT2D eigenvalue weighted by molar-refractivity contribution is 7.52. The molecule has 1 rings (SSSR count). The Morgan fingerprint density at radius 1 is 0.826 bits per heavy atom. The third-order valence-electron chi connectivity index (χ3n) is 3.83. The van der Waals surface area contributed by atoms with E-state index in [1.54, 1.807) is 0 Å². The standard InChI is InChI=1S/C19H33O3P/c1-17(2,3)13-11-14(18(4,5)6)16(22-23(10,20)21)15(12-13)19(7,8)9/h11-12H,1-10H3,(H,20,21). The van der Waals surface area contributed by atoms with Crippen LogP contribution in [0.1, 0.15) is 79.0 Å². The summed E-state index contributed by atoms with van der Waals surface area (Å²) in [6, 6.07) is 4.25. The molecule has 3 nitrogen and oxygen atoms in total. The summed E-state index contributed by atoms with van der Waals surface area (Å²) in [4.78, 5) is 9.81. The summed E-state index contributed by atoms with van der Waals surface area (Å²) < 4.78 is 17.6. The Morgan fingerprint density at radius 2 is 1.17 bits per heavy atom. The van der Waals surface area contributed by atoms with Gasteiger partial charge in [-0.1, -0.05) is 74.4 Å². The van der Waals surface area contributed by atoms with Gasteiger partial charge in [-0.05, 0) is 21.8 Å². The first-order chi connectivity index (χ1) is 9.93. The molecule has 1 aromatic carbocycles. The lowest BCUT2D eigenvalue weighted by molar-refractivity contribution is 0.375. The average molecular weight is 340 g/mol. The number of hydrogen-bond donors (Lipinski definition) is 1. The van der Waals surface area contributed by atoms with Gasteiger partial charge < -0.3 is 9.42 Å². The van der Waals surface area contributed by atoms with Crippen LogP contribution in [0.4, 0.5) is 0 Å². The van der Waals surface area contributed by atoms with Crippen molar-refractivity contribution in [3.63, 3.8) is 0 Å². The first-order valence-electron chi connectivity index (χ1n) is 8.12. The molecule has 0 aliphatic carbocycles. The van der Waals surface area contributed by atoms with Crippen molar-refractivity contribution < 1.29 is 14.0 Å². The van der Waals surface area contributed by atoms with E-state index in [9.17, 15) is 9.46 Å². The lowest BCUT2D eigenvalue weighted by Crippen LogP contribution is -2.22. The SMILES string of the molecule is CC(C)(C)c1cc(C(C)(C)C)c(OP(C)(=O)O)c(C(C)(C)C)c1. The fourth-order valence-electron chi connectivity index (χ4n) is 2.44. The molecule has 1 aromatic rings. The Balaban J connectivity index is 3.86. The lowest BCUT2D eigenvalue weighted by Gasteiger charge is -2.33. The van der Waals surface area contributed by atoms with Crippen LogP contribution in [0.3, 0.4) is 0 Å². The van der Waals surface area contributed by atoms with Gasteiger partial charge in [0.1, 0.15) is 5.75 Å². The molecule has 0 amide bonds. The van der Waals surface area contributed by atoms with Gasteiger partial charge in [-0.15, -0.1) is 0 Å². The van der Waals surface area contributed by atoms with Crippen LogP contribution in [-0.4, -0.2) is 11.6 Å². The first-order valence-corrected chi connectivity index (χ1v) is 10.1. The number of benzene rings is 1. The van der Waals surface area contributed by atoms with Crippen molar-refractivity contribution in [2.75, 3.05) is 6.66 Å². The highest BCUT2D eigenvalue weighted by Crippen LogP contribution is 2.48. The first kappa shape index (κ1) is 20.3. The number of hydrogen-bond acceptors (Lipinski definition) is 2. The van der Waals surface area contributed by atoms with E-state index in [0.29, 0.717) is 5.75 Å². The minimum absolute atomic E-state index is 0.00629. The van der Waals surface area contributed by atoms with Gasteiger partial charge in [0, 0.05) is 17.8 Å². The van der Waals surface area contributed by atoms with E-state index in [4.69, 9.17) is 4.52 Å². The molecule has 132 valence electrons. The fraction of sp³-hybridized carbons (Fsp3) is 0.684. The van der Waals surface area contributed by atoms with Crippen LogP contribution in [0.5, 0.6) is 5.75 Å². The summed E-state index contributed by atoms with van der Waals surface area (Å²) in [7, 11) is -3.64. The van der Waals surface area contributed by atoms with E-state index in [1.165, 1.54) is 12.2 Å². The summed E-state index contributed by atoms with van der Waals surface area (Å²) in [5.41, 5.74) is 2.78. The molecule has 23 heavy (non-hydrogen) atoms. The Hall–Kier alpha value is -0.790. The Labute approximate surface area is 142 Å². The van der Waals surface area contributed by atoms with Crippen molar-refractivity contribution in [1.82, 2.24) is 0 Å². The predicted octanol–water partition coefficient (Wildman–Crippen LogP) is 5.77. The van der Waals surface area contributed by atoms with Crippen molar-refractivity contribution >= 4 is 7.60 Å². The van der Waals surface area contributed by atoms with Crippen LogP contribution in [0.25, 0.3) is 0 Å². The third kappa shape index (κ3) is 5.36. The Bertz CT molecular complexity index is 584. The predicted molar refractivity (Wildman–Crippen MR) is 98.9 cm³/mol. The third-order valence-corrected chi connectivity index (χ3v) is 4.35. The molecule has 0 fully saturated rings. The topological polar surface area (TPSA) is 46.5 Å².